The SMILES string of the molecule is Cc1cc(C)nc(-n2nc(C)c3c2NC(=O)CS[C@H]3c2ccc3c(c2)OCO3)n1. The zero-order valence-electron chi connectivity index (χ0n) is 16.2. The lowest BCUT2D eigenvalue weighted by Gasteiger charge is -2.15. The Hall–Kier alpha value is -3.07. The summed E-state index contributed by atoms with van der Waals surface area (Å²) in [5, 5.41) is 7.60. The van der Waals surface area contributed by atoms with E-state index in [0.29, 0.717) is 17.5 Å². The highest BCUT2D eigenvalue weighted by Crippen LogP contribution is 2.46. The first kappa shape index (κ1) is 18.0. The molecule has 0 spiro atoms. The Morgan fingerprint density at radius 3 is 2.66 bits per heavy atom. The van der Waals surface area contributed by atoms with Crippen LogP contribution in [0.2, 0.25) is 0 Å². The molecule has 8 nitrogen and oxygen atoms in total. The van der Waals surface area contributed by atoms with Crippen LogP contribution in [0.25, 0.3) is 5.95 Å². The van der Waals surface area contributed by atoms with Gasteiger partial charge in [0.05, 0.1) is 16.7 Å². The number of hydrogen-bond acceptors (Lipinski definition) is 7. The van der Waals surface area contributed by atoms with Crippen molar-refractivity contribution in [3.8, 4) is 17.4 Å². The quantitative estimate of drug-likeness (QED) is 0.695. The van der Waals surface area contributed by atoms with Crippen LogP contribution in [0.5, 0.6) is 11.5 Å². The fourth-order valence-corrected chi connectivity index (χ4v) is 4.85. The van der Waals surface area contributed by atoms with Gasteiger partial charge >= 0.3 is 0 Å². The van der Waals surface area contributed by atoms with Crippen molar-refractivity contribution in [3.05, 3.63) is 52.5 Å². The summed E-state index contributed by atoms with van der Waals surface area (Å²) in [7, 11) is 0. The molecule has 29 heavy (non-hydrogen) atoms. The molecule has 0 saturated heterocycles. The minimum Gasteiger partial charge on any atom is -0.454 e. The molecule has 5 rings (SSSR count). The monoisotopic (exact) mass is 409 g/mol. The van der Waals surface area contributed by atoms with Gasteiger partial charge in [-0.1, -0.05) is 6.07 Å². The van der Waals surface area contributed by atoms with E-state index in [1.807, 2.05) is 45.0 Å². The highest BCUT2D eigenvalue weighted by atomic mass is 32.2. The maximum absolute atomic E-state index is 12.5. The topological polar surface area (TPSA) is 91.2 Å². The summed E-state index contributed by atoms with van der Waals surface area (Å²) in [6, 6.07) is 7.80. The third-order valence-electron chi connectivity index (χ3n) is 4.87. The Labute approximate surface area is 171 Å². The van der Waals surface area contributed by atoms with Gasteiger partial charge in [0.25, 0.3) is 5.95 Å². The van der Waals surface area contributed by atoms with E-state index in [9.17, 15) is 4.79 Å². The number of aryl methyl sites for hydroxylation is 3. The summed E-state index contributed by atoms with van der Waals surface area (Å²) in [5.41, 5.74) is 4.48. The summed E-state index contributed by atoms with van der Waals surface area (Å²) in [6.45, 7) is 5.99. The van der Waals surface area contributed by atoms with Crippen molar-refractivity contribution in [2.24, 2.45) is 0 Å². The lowest BCUT2D eigenvalue weighted by Crippen LogP contribution is -2.17. The lowest BCUT2D eigenvalue weighted by molar-refractivity contribution is -0.113. The van der Waals surface area contributed by atoms with Crippen LogP contribution in [0.4, 0.5) is 5.82 Å². The first-order valence-corrected chi connectivity index (χ1v) is 10.3. The Morgan fingerprint density at radius 2 is 1.86 bits per heavy atom. The van der Waals surface area contributed by atoms with Crippen molar-refractivity contribution in [2.45, 2.75) is 26.0 Å². The van der Waals surface area contributed by atoms with Crippen LogP contribution in [-0.4, -0.2) is 38.2 Å². The predicted molar refractivity (Wildman–Crippen MR) is 109 cm³/mol. The molecule has 2 aliphatic heterocycles. The van der Waals surface area contributed by atoms with E-state index in [-0.39, 0.29) is 18.0 Å². The van der Waals surface area contributed by atoms with Gasteiger partial charge in [-0.15, -0.1) is 11.8 Å². The molecule has 0 aliphatic carbocycles. The molecule has 3 aromatic rings. The van der Waals surface area contributed by atoms with Gasteiger partial charge in [0.1, 0.15) is 5.82 Å². The van der Waals surface area contributed by atoms with E-state index in [2.05, 4.69) is 20.4 Å². The number of nitrogens with one attached hydrogen (secondary N) is 1. The van der Waals surface area contributed by atoms with Crippen molar-refractivity contribution in [2.75, 3.05) is 17.9 Å². The molecule has 0 unspecified atom stereocenters. The lowest BCUT2D eigenvalue weighted by atomic mass is 10.0. The number of carbonyl (C=O) groups is 1. The maximum Gasteiger partial charge on any atom is 0.252 e. The number of thioether (sulfide) groups is 1. The van der Waals surface area contributed by atoms with Crippen LogP contribution in [0.15, 0.2) is 24.3 Å². The van der Waals surface area contributed by atoms with Crippen LogP contribution in [-0.2, 0) is 4.79 Å². The van der Waals surface area contributed by atoms with Crippen molar-refractivity contribution in [1.29, 1.82) is 0 Å². The Balaban J connectivity index is 1.67. The Kier molecular flexibility index (Phi) is 4.20. The number of nitrogens with zero attached hydrogens (tertiary/aromatic N) is 4. The molecule has 1 N–H and O–H groups in total. The van der Waals surface area contributed by atoms with Crippen molar-refractivity contribution in [1.82, 2.24) is 19.7 Å². The van der Waals surface area contributed by atoms with Gasteiger partial charge < -0.3 is 14.8 Å². The number of amides is 1. The second kappa shape index (κ2) is 6.77. The van der Waals surface area contributed by atoms with Crippen LogP contribution < -0.4 is 14.8 Å². The fraction of sp³-hybridized carbons (Fsp3) is 0.300. The number of aromatic nitrogens is 4. The summed E-state index contributed by atoms with van der Waals surface area (Å²) >= 11 is 1.56. The number of rotatable bonds is 2. The molecule has 2 aliphatic rings. The molecule has 0 bridgehead atoms. The van der Waals surface area contributed by atoms with Crippen LogP contribution >= 0.6 is 11.8 Å². The van der Waals surface area contributed by atoms with Crippen LogP contribution in [0.1, 0.15) is 33.5 Å². The molecular weight excluding hydrogens is 390 g/mol. The van der Waals surface area contributed by atoms with E-state index < -0.39 is 0 Å². The van der Waals surface area contributed by atoms with Crippen molar-refractivity contribution < 1.29 is 14.3 Å². The first-order chi connectivity index (χ1) is 14.0. The minimum absolute atomic E-state index is 0.0787. The average Bonchev–Trinajstić information content (AvgIpc) is 3.21. The van der Waals surface area contributed by atoms with Gasteiger partial charge in [-0.05, 0) is 44.5 Å². The van der Waals surface area contributed by atoms with Crippen molar-refractivity contribution >= 4 is 23.5 Å². The maximum atomic E-state index is 12.5. The minimum atomic E-state index is -0.0851. The number of anilines is 1. The Bertz CT molecular complexity index is 1120. The number of benzene rings is 1. The van der Waals surface area contributed by atoms with E-state index in [0.717, 1.165) is 39.7 Å². The first-order valence-electron chi connectivity index (χ1n) is 9.23. The molecule has 1 aromatic carbocycles. The number of hydrogen-bond donors (Lipinski definition) is 1. The van der Waals surface area contributed by atoms with E-state index >= 15 is 0 Å². The smallest absolute Gasteiger partial charge is 0.252 e. The molecule has 148 valence electrons. The molecule has 2 aromatic heterocycles. The van der Waals surface area contributed by atoms with E-state index in [1.54, 1.807) is 16.4 Å². The summed E-state index contributed by atoms with van der Waals surface area (Å²) in [4.78, 5) is 21.5. The second-order valence-electron chi connectivity index (χ2n) is 7.06. The van der Waals surface area contributed by atoms with Gasteiger partial charge in [0, 0.05) is 17.0 Å². The highest BCUT2D eigenvalue weighted by Gasteiger charge is 2.32. The van der Waals surface area contributed by atoms with Gasteiger partial charge in [-0.2, -0.15) is 9.78 Å². The summed E-state index contributed by atoms with van der Waals surface area (Å²) in [6.07, 6.45) is 0. The van der Waals surface area contributed by atoms with E-state index in [4.69, 9.17) is 9.47 Å². The molecule has 1 amide bonds. The van der Waals surface area contributed by atoms with Crippen LogP contribution in [0, 0.1) is 20.8 Å². The molecule has 0 saturated carbocycles. The molecule has 4 heterocycles. The second-order valence-corrected chi connectivity index (χ2v) is 8.16. The summed E-state index contributed by atoms with van der Waals surface area (Å²) in [5.74, 6) is 2.77. The van der Waals surface area contributed by atoms with Gasteiger partial charge in [-0.3, -0.25) is 4.79 Å². The normalized spacial score (nSPS) is 17.6. The average molecular weight is 409 g/mol. The van der Waals surface area contributed by atoms with Gasteiger partial charge in [0.2, 0.25) is 12.7 Å². The zero-order valence-corrected chi connectivity index (χ0v) is 17.0. The zero-order chi connectivity index (χ0) is 20.1. The highest BCUT2D eigenvalue weighted by molar-refractivity contribution is 8.00. The molecule has 9 heteroatoms. The van der Waals surface area contributed by atoms with Gasteiger partial charge in [0.15, 0.2) is 11.5 Å². The van der Waals surface area contributed by atoms with Gasteiger partial charge in [-0.25, -0.2) is 9.97 Å². The van der Waals surface area contributed by atoms with Crippen LogP contribution in [0.3, 0.4) is 0 Å². The Morgan fingerprint density at radius 1 is 1.10 bits per heavy atom. The molecular formula is C20H19N5O3S. The number of fused-ring (bicyclic) bond motifs is 2. The molecule has 0 radical (unpaired) electrons. The largest absolute Gasteiger partial charge is 0.454 e. The molecule has 1 atom stereocenters. The number of carbonyl (C=O) groups excluding carboxylic acids is 1. The van der Waals surface area contributed by atoms with Crippen molar-refractivity contribution in [3.63, 3.8) is 0 Å². The standard InChI is InChI=1S/C20H19N5O3S/c1-10-6-11(2)22-20(21-10)25-19-17(12(3)24-25)18(29-8-16(26)23-19)13-4-5-14-15(7-13)28-9-27-14/h4-7,18H,8-9H2,1-3H3,(H,23,26)/t18-/m0/s1. The summed E-state index contributed by atoms with van der Waals surface area (Å²) < 4.78 is 12.6. The number of ether oxygens (including phenoxy) is 2. The third kappa shape index (κ3) is 3.11. The fourth-order valence-electron chi connectivity index (χ4n) is 3.67. The van der Waals surface area contributed by atoms with E-state index in [1.165, 1.54) is 0 Å². The third-order valence-corrected chi connectivity index (χ3v) is 6.14. The molecule has 0 fully saturated rings. The predicted octanol–water partition coefficient (Wildman–Crippen LogP) is 3.09.